The normalized spacial score (nSPS) is 12.7. The van der Waals surface area contributed by atoms with Gasteiger partial charge in [0.15, 0.2) is 0 Å². The van der Waals surface area contributed by atoms with Crippen molar-refractivity contribution >= 4 is 11.0 Å². The summed E-state index contributed by atoms with van der Waals surface area (Å²) in [7, 11) is 0. The summed E-state index contributed by atoms with van der Waals surface area (Å²) in [6, 6.07) is 12.2. The van der Waals surface area contributed by atoms with Crippen LogP contribution in [0.5, 0.6) is 0 Å². The van der Waals surface area contributed by atoms with Crippen LogP contribution in [0.4, 0.5) is 0 Å². The summed E-state index contributed by atoms with van der Waals surface area (Å²) in [5.41, 5.74) is 10.6. The van der Waals surface area contributed by atoms with Gasteiger partial charge in [-0.2, -0.15) is 0 Å². The van der Waals surface area contributed by atoms with E-state index in [4.69, 9.17) is 10.7 Å². The summed E-state index contributed by atoms with van der Waals surface area (Å²) in [5, 5.41) is 0. The number of hydrogen-bond donors (Lipinski definition) is 1. The van der Waals surface area contributed by atoms with Gasteiger partial charge in [-0.1, -0.05) is 18.2 Å². The molecule has 0 radical (unpaired) electrons. The summed E-state index contributed by atoms with van der Waals surface area (Å²) in [5.74, 6) is 1.03. The Hall–Kier alpha value is -2.20. The molecule has 0 fully saturated rings. The Morgan fingerprint density at radius 1 is 1.19 bits per heavy atom. The molecule has 0 saturated carbocycles. The zero-order valence-electron chi connectivity index (χ0n) is 12.5. The average molecular weight is 280 g/mol. The first-order valence-electron chi connectivity index (χ1n) is 7.31. The smallest absolute Gasteiger partial charge is 0.111 e. The number of hydrogen-bond acceptors (Lipinski definition) is 3. The van der Waals surface area contributed by atoms with Gasteiger partial charge in [-0.05, 0) is 37.6 Å². The van der Waals surface area contributed by atoms with E-state index in [2.05, 4.69) is 22.5 Å². The Morgan fingerprint density at radius 2 is 2.00 bits per heavy atom. The molecule has 0 aliphatic rings. The maximum atomic E-state index is 6.33. The number of benzene rings is 1. The lowest BCUT2D eigenvalue weighted by atomic mass is 10.1. The summed E-state index contributed by atoms with van der Waals surface area (Å²) < 4.78 is 2.23. The fourth-order valence-electron chi connectivity index (χ4n) is 2.65. The fraction of sp³-hybridized carbons (Fsp3) is 0.294. The zero-order valence-corrected chi connectivity index (χ0v) is 12.5. The van der Waals surface area contributed by atoms with Gasteiger partial charge in [0, 0.05) is 30.9 Å². The molecular formula is C17H20N4. The highest BCUT2D eigenvalue weighted by atomic mass is 15.1. The van der Waals surface area contributed by atoms with E-state index >= 15 is 0 Å². The molecule has 4 nitrogen and oxygen atoms in total. The second-order valence-electron chi connectivity index (χ2n) is 5.30. The van der Waals surface area contributed by atoms with E-state index in [-0.39, 0.29) is 6.04 Å². The van der Waals surface area contributed by atoms with Gasteiger partial charge >= 0.3 is 0 Å². The van der Waals surface area contributed by atoms with Crippen LogP contribution in [-0.2, 0) is 13.0 Å². The van der Waals surface area contributed by atoms with E-state index < -0.39 is 0 Å². The minimum absolute atomic E-state index is 0.0831. The highest BCUT2D eigenvalue weighted by molar-refractivity contribution is 5.75. The number of aromatic nitrogens is 3. The van der Waals surface area contributed by atoms with Crippen molar-refractivity contribution in [2.24, 2.45) is 5.73 Å². The number of imidazole rings is 1. The largest absolute Gasteiger partial charge is 0.328 e. The summed E-state index contributed by atoms with van der Waals surface area (Å²) >= 11 is 0. The van der Waals surface area contributed by atoms with Gasteiger partial charge in [-0.3, -0.25) is 4.98 Å². The van der Waals surface area contributed by atoms with E-state index in [1.165, 1.54) is 5.52 Å². The average Bonchev–Trinajstić information content (AvgIpc) is 2.84. The molecule has 1 unspecified atom stereocenters. The number of aryl methyl sites for hydroxylation is 2. The lowest BCUT2D eigenvalue weighted by Crippen LogP contribution is -2.16. The number of nitrogens with zero attached hydrogens (tertiary/aromatic N) is 3. The first kappa shape index (κ1) is 13.8. The van der Waals surface area contributed by atoms with Crippen LogP contribution in [0.15, 0.2) is 42.6 Å². The van der Waals surface area contributed by atoms with E-state index in [1.54, 1.807) is 0 Å². The molecule has 21 heavy (non-hydrogen) atoms. The van der Waals surface area contributed by atoms with Crippen molar-refractivity contribution in [2.75, 3.05) is 0 Å². The second-order valence-corrected chi connectivity index (χ2v) is 5.30. The minimum Gasteiger partial charge on any atom is -0.328 e. The van der Waals surface area contributed by atoms with E-state index in [0.29, 0.717) is 6.42 Å². The predicted molar refractivity (Wildman–Crippen MR) is 85.0 cm³/mol. The molecule has 0 spiro atoms. The Bertz CT molecular complexity index is 743. The van der Waals surface area contributed by atoms with Crippen molar-refractivity contribution in [1.82, 2.24) is 14.5 Å². The number of rotatable bonds is 4. The van der Waals surface area contributed by atoms with Crippen LogP contribution in [0.1, 0.15) is 30.0 Å². The highest BCUT2D eigenvalue weighted by Gasteiger charge is 2.14. The Kier molecular flexibility index (Phi) is 3.71. The SMILES string of the molecule is CCn1c(CC(N)c2ccc(C)nc2)nc2ccccc21. The third kappa shape index (κ3) is 2.67. The summed E-state index contributed by atoms with van der Waals surface area (Å²) in [6.07, 6.45) is 2.58. The van der Waals surface area contributed by atoms with Gasteiger partial charge in [0.2, 0.25) is 0 Å². The van der Waals surface area contributed by atoms with Crippen molar-refractivity contribution in [2.45, 2.75) is 32.9 Å². The Labute approximate surface area is 124 Å². The zero-order chi connectivity index (χ0) is 14.8. The molecule has 3 aromatic rings. The molecule has 108 valence electrons. The quantitative estimate of drug-likeness (QED) is 0.799. The number of fused-ring (bicyclic) bond motifs is 1. The van der Waals surface area contributed by atoms with Crippen molar-refractivity contribution in [3.63, 3.8) is 0 Å². The number of nitrogens with two attached hydrogens (primary N) is 1. The lowest BCUT2D eigenvalue weighted by Gasteiger charge is -2.13. The van der Waals surface area contributed by atoms with Gasteiger partial charge in [0.1, 0.15) is 5.82 Å². The Balaban J connectivity index is 1.92. The molecule has 0 saturated heterocycles. The monoisotopic (exact) mass is 280 g/mol. The standard InChI is InChI=1S/C17H20N4/c1-3-21-16-7-5-4-6-15(16)20-17(21)10-14(18)13-9-8-12(2)19-11-13/h4-9,11,14H,3,10,18H2,1-2H3. The fourth-order valence-corrected chi connectivity index (χ4v) is 2.65. The van der Waals surface area contributed by atoms with E-state index in [9.17, 15) is 0 Å². The van der Waals surface area contributed by atoms with Gasteiger partial charge in [-0.15, -0.1) is 0 Å². The third-order valence-electron chi connectivity index (χ3n) is 3.81. The van der Waals surface area contributed by atoms with Crippen LogP contribution in [0.25, 0.3) is 11.0 Å². The van der Waals surface area contributed by atoms with Gasteiger partial charge in [0.05, 0.1) is 11.0 Å². The lowest BCUT2D eigenvalue weighted by molar-refractivity contribution is 0.635. The van der Waals surface area contributed by atoms with Crippen LogP contribution in [-0.4, -0.2) is 14.5 Å². The van der Waals surface area contributed by atoms with Crippen molar-refractivity contribution in [3.8, 4) is 0 Å². The van der Waals surface area contributed by atoms with Gasteiger partial charge in [-0.25, -0.2) is 4.98 Å². The molecule has 2 N–H and O–H groups in total. The molecule has 1 aromatic carbocycles. The first-order valence-corrected chi connectivity index (χ1v) is 7.31. The second kappa shape index (κ2) is 5.66. The highest BCUT2D eigenvalue weighted by Crippen LogP contribution is 2.20. The molecule has 2 heterocycles. The van der Waals surface area contributed by atoms with Gasteiger partial charge < -0.3 is 10.3 Å². The van der Waals surface area contributed by atoms with Crippen LogP contribution < -0.4 is 5.73 Å². The maximum Gasteiger partial charge on any atom is 0.111 e. The number of pyridine rings is 1. The van der Waals surface area contributed by atoms with Gasteiger partial charge in [0.25, 0.3) is 0 Å². The maximum absolute atomic E-state index is 6.33. The van der Waals surface area contributed by atoms with Crippen LogP contribution in [0.2, 0.25) is 0 Å². The van der Waals surface area contributed by atoms with E-state index in [1.807, 2.05) is 43.5 Å². The molecule has 0 bridgehead atoms. The van der Waals surface area contributed by atoms with E-state index in [0.717, 1.165) is 29.1 Å². The third-order valence-corrected chi connectivity index (χ3v) is 3.81. The van der Waals surface area contributed by atoms with Crippen molar-refractivity contribution < 1.29 is 0 Å². The molecular weight excluding hydrogens is 260 g/mol. The topological polar surface area (TPSA) is 56.7 Å². The van der Waals surface area contributed by atoms with Crippen LogP contribution in [0.3, 0.4) is 0 Å². The predicted octanol–water partition coefficient (Wildman–Crippen LogP) is 3.00. The van der Waals surface area contributed by atoms with Crippen LogP contribution >= 0.6 is 0 Å². The molecule has 2 aromatic heterocycles. The molecule has 1 atom stereocenters. The van der Waals surface area contributed by atoms with Crippen molar-refractivity contribution in [1.29, 1.82) is 0 Å². The molecule has 3 rings (SSSR count). The summed E-state index contributed by atoms with van der Waals surface area (Å²) in [4.78, 5) is 9.05. The van der Waals surface area contributed by atoms with Crippen molar-refractivity contribution in [3.05, 3.63) is 59.7 Å². The Morgan fingerprint density at radius 3 is 2.71 bits per heavy atom. The molecule has 0 aliphatic heterocycles. The molecule has 0 aliphatic carbocycles. The number of para-hydroxylation sites is 2. The first-order chi connectivity index (χ1) is 10.2. The molecule has 0 amide bonds. The van der Waals surface area contributed by atoms with Crippen LogP contribution in [0, 0.1) is 6.92 Å². The minimum atomic E-state index is -0.0831. The summed E-state index contributed by atoms with van der Waals surface area (Å²) in [6.45, 7) is 5.01. The molecule has 4 heteroatoms.